The van der Waals surface area contributed by atoms with Gasteiger partial charge in [-0.25, -0.2) is 0 Å². The number of hydrogen-bond acceptors (Lipinski definition) is 3. The minimum Gasteiger partial charge on any atom is -0.465 e. The van der Waals surface area contributed by atoms with Gasteiger partial charge < -0.3 is 9.64 Å². The van der Waals surface area contributed by atoms with Crippen LogP contribution in [-0.2, 0) is 9.53 Å². The maximum atomic E-state index is 12.1. The van der Waals surface area contributed by atoms with E-state index >= 15 is 0 Å². The fraction of sp³-hybridized carbons (Fsp3) is 0.938. The van der Waals surface area contributed by atoms with E-state index in [0.717, 1.165) is 32.5 Å². The molecule has 0 aliphatic rings. The van der Waals surface area contributed by atoms with Crippen LogP contribution in [0.15, 0.2) is 0 Å². The zero-order valence-electron chi connectivity index (χ0n) is 14.4. The smallest absolute Gasteiger partial charge is 0.311 e. The molecule has 0 aromatic heterocycles. The first-order valence-electron chi connectivity index (χ1n) is 7.52. The first kappa shape index (κ1) is 22.0. The Morgan fingerprint density at radius 1 is 1.05 bits per heavy atom. The lowest BCUT2D eigenvalue weighted by atomic mass is 9.76. The Labute approximate surface area is 131 Å². The van der Waals surface area contributed by atoms with Crippen LogP contribution >= 0.6 is 12.4 Å². The largest absolute Gasteiger partial charge is 0.465 e. The third-order valence-corrected chi connectivity index (χ3v) is 3.27. The van der Waals surface area contributed by atoms with E-state index in [1.165, 1.54) is 0 Å². The van der Waals surface area contributed by atoms with Crippen LogP contribution in [0.4, 0.5) is 0 Å². The van der Waals surface area contributed by atoms with E-state index in [9.17, 15) is 4.79 Å². The predicted molar refractivity (Wildman–Crippen MR) is 88.5 cm³/mol. The average Bonchev–Trinajstić information content (AvgIpc) is 2.25. The molecule has 0 fully saturated rings. The molecule has 0 aliphatic carbocycles. The van der Waals surface area contributed by atoms with Gasteiger partial charge in [-0.2, -0.15) is 0 Å². The number of ether oxygens (including phenoxy) is 1. The van der Waals surface area contributed by atoms with Crippen molar-refractivity contribution in [1.29, 1.82) is 0 Å². The highest BCUT2D eigenvalue weighted by molar-refractivity contribution is 5.85. The van der Waals surface area contributed by atoms with Crippen molar-refractivity contribution in [2.75, 3.05) is 26.2 Å². The molecule has 0 heterocycles. The van der Waals surface area contributed by atoms with Crippen LogP contribution in [0.25, 0.3) is 0 Å². The SMILES string of the molecule is CCN(CC)CCCOC(=O)C(C)(C)CC(C)(C)C.Cl. The first-order chi connectivity index (χ1) is 8.62. The van der Waals surface area contributed by atoms with E-state index in [4.69, 9.17) is 4.74 Å². The summed E-state index contributed by atoms with van der Waals surface area (Å²) in [6.07, 6.45) is 1.76. The van der Waals surface area contributed by atoms with E-state index in [2.05, 4.69) is 39.5 Å². The Morgan fingerprint density at radius 2 is 1.55 bits per heavy atom. The van der Waals surface area contributed by atoms with Gasteiger partial charge in [0, 0.05) is 6.54 Å². The second kappa shape index (κ2) is 9.62. The van der Waals surface area contributed by atoms with Gasteiger partial charge in [0.05, 0.1) is 12.0 Å². The van der Waals surface area contributed by atoms with Gasteiger partial charge in [0.15, 0.2) is 0 Å². The molecule has 0 unspecified atom stereocenters. The maximum absolute atomic E-state index is 12.1. The zero-order chi connectivity index (χ0) is 15.1. The molecular formula is C16H34ClNO2. The minimum absolute atomic E-state index is 0. The third-order valence-electron chi connectivity index (χ3n) is 3.27. The number of hydrogen-bond donors (Lipinski definition) is 0. The van der Waals surface area contributed by atoms with Crippen molar-refractivity contribution in [2.45, 2.75) is 61.3 Å². The summed E-state index contributed by atoms with van der Waals surface area (Å²) >= 11 is 0. The van der Waals surface area contributed by atoms with E-state index < -0.39 is 5.41 Å². The molecule has 0 N–H and O–H groups in total. The summed E-state index contributed by atoms with van der Waals surface area (Å²) in [6.45, 7) is 18.4. The van der Waals surface area contributed by atoms with Gasteiger partial charge in [-0.15, -0.1) is 12.4 Å². The molecule has 0 bridgehead atoms. The molecule has 0 spiro atoms. The van der Waals surface area contributed by atoms with Gasteiger partial charge in [-0.1, -0.05) is 34.6 Å². The Hall–Kier alpha value is -0.280. The highest BCUT2D eigenvalue weighted by Crippen LogP contribution is 2.34. The molecule has 0 atom stereocenters. The monoisotopic (exact) mass is 307 g/mol. The van der Waals surface area contributed by atoms with Crippen molar-refractivity contribution in [2.24, 2.45) is 10.8 Å². The molecule has 0 aromatic carbocycles. The van der Waals surface area contributed by atoms with Gasteiger partial charge >= 0.3 is 5.97 Å². The highest BCUT2D eigenvalue weighted by Gasteiger charge is 2.33. The van der Waals surface area contributed by atoms with Crippen LogP contribution in [0.5, 0.6) is 0 Å². The third kappa shape index (κ3) is 9.60. The summed E-state index contributed by atoms with van der Waals surface area (Å²) < 4.78 is 5.43. The van der Waals surface area contributed by atoms with Crippen LogP contribution in [0.3, 0.4) is 0 Å². The summed E-state index contributed by atoms with van der Waals surface area (Å²) in [6, 6.07) is 0. The predicted octanol–water partition coefficient (Wildman–Crippen LogP) is 4.15. The van der Waals surface area contributed by atoms with Crippen molar-refractivity contribution >= 4 is 18.4 Å². The summed E-state index contributed by atoms with van der Waals surface area (Å²) in [5.41, 5.74) is -0.253. The summed E-state index contributed by atoms with van der Waals surface area (Å²) in [7, 11) is 0. The molecule has 0 saturated heterocycles. The van der Waals surface area contributed by atoms with Crippen LogP contribution in [0.2, 0.25) is 0 Å². The number of halogens is 1. The van der Waals surface area contributed by atoms with Gasteiger partial charge in [-0.3, -0.25) is 4.79 Å². The first-order valence-corrected chi connectivity index (χ1v) is 7.52. The highest BCUT2D eigenvalue weighted by atomic mass is 35.5. The number of esters is 1. The molecule has 0 amide bonds. The van der Waals surface area contributed by atoms with E-state index in [0.29, 0.717) is 6.61 Å². The molecular weight excluding hydrogens is 274 g/mol. The molecule has 20 heavy (non-hydrogen) atoms. The lowest BCUT2D eigenvalue weighted by Crippen LogP contribution is -2.32. The molecule has 0 aromatic rings. The number of carbonyl (C=O) groups is 1. The van der Waals surface area contributed by atoms with Crippen molar-refractivity contribution in [1.82, 2.24) is 4.90 Å². The Morgan fingerprint density at radius 3 is 1.95 bits per heavy atom. The van der Waals surface area contributed by atoms with Crippen molar-refractivity contribution < 1.29 is 9.53 Å². The summed E-state index contributed by atoms with van der Waals surface area (Å²) in [4.78, 5) is 14.4. The second-order valence-corrected chi connectivity index (χ2v) is 7.14. The van der Waals surface area contributed by atoms with Crippen molar-refractivity contribution in [3.63, 3.8) is 0 Å². The fourth-order valence-electron chi connectivity index (χ4n) is 2.59. The van der Waals surface area contributed by atoms with E-state index in [-0.39, 0.29) is 23.8 Å². The Kier molecular flexibility index (Phi) is 10.6. The molecule has 0 aliphatic heterocycles. The van der Waals surface area contributed by atoms with Crippen molar-refractivity contribution in [3.05, 3.63) is 0 Å². The van der Waals surface area contributed by atoms with Gasteiger partial charge in [0.2, 0.25) is 0 Å². The molecule has 122 valence electrons. The van der Waals surface area contributed by atoms with Gasteiger partial charge in [0.25, 0.3) is 0 Å². The topological polar surface area (TPSA) is 29.5 Å². The van der Waals surface area contributed by atoms with Crippen LogP contribution < -0.4 is 0 Å². The normalized spacial score (nSPS) is 12.2. The quantitative estimate of drug-likeness (QED) is 0.498. The van der Waals surface area contributed by atoms with Crippen LogP contribution in [0.1, 0.15) is 61.3 Å². The number of carbonyl (C=O) groups excluding carboxylic acids is 1. The van der Waals surface area contributed by atoms with Crippen LogP contribution in [-0.4, -0.2) is 37.1 Å². The molecule has 0 radical (unpaired) electrons. The average molecular weight is 308 g/mol. The summed E-state index contributed by atoms with van der Waals surface area (Å²) in [5.74, 6) is -0.0676. The maximum Gasteiger partial charge on any atom is 0.311 e. The van der Waals surface area contributed by atoms with Crippen LogP contribution in [0, 0.1) is 10.8 Å². The molecule has 3 nitrogen and oxygen atoms in total. The molecule has 4 heteroatoms. The second-order valence-electron chi connectivity index (χ2n) is 7.14. The van der Waals surface area contributed by atoms with Gasteiger partial charge in [-0.05, 0) is 45.2 Å². The molecule has 0 saturated carbocycles. The fourth-order valence-corrected chi connectivity index (χ4v) is 2.59. The van der Waals surface area contributed by atoms with Crippen molar-refractivity contribution in [3.8, 4) is 0 Å². The number of rotatable bonds is 8. The zero-order valence-corrected chi connectivity index (χ0v) is 15.2. The van der Waals surface area contributed by atoms with E-state index in [1.54, 1.807) is 0 Å². The minimum atomic E-state index is -0.395. The lowest BCUT2D eigenvalue weighted by molar-refractivity contribution is -0.155. The Balaban J connectivity index is 0. The summed E-state index contributed by atoms with van der Waals surface area (Å²) in [5, 5.41) is 0. The lowest BCUT2D eigenvalue weighted by Gasteiger charge is -2.30. The molecule has 0 rings (SSSR count). The number of nitrogens with zero attached hydrogens (tertiary/aromatic N) is 1. The van der Waals surface area contributed by atoms with Gasteiger partial charge in [0.1, 0.15) is 0 Å². The Bertz CT molecular complexity index is 268. The standard InChI is InChI=1S/C16H33NO2.ClH/c1-8-17(9-2)11-10-12-19-14(18)16(6,7)13-15(3,4)5;/h8-13H2,1-7H3;1H. The van der Waals surface area contributed by atoms with E-state index in [1.807, 2.05) is 13.8 Å².